The third-order valence-electron chi connectivity index (χ3n) is 6.67. The number of Topliss-reactive ketones (excluding diaryl/α,β-unsaturated/α-hetero) is 2. The first-order chi connectivity index (χ1) is 20.2. The van der Waals surface area contributed by atoms with Crippen molar-refractivity contribution in [2.45, 2.75) is 24.9 Å². The van der Waals surface area contributed by atoms with Gasteiger partial charge in [0.25, 0.3) is 0 Å². The molecule has 5 N–H and O–H groups in total. The van der Waals surface area contributed by atoms with Gasteiger partial charge in [-0.3, -0.25) is 9.59 Å². The Kier molecular flexibility index (Phi) is 11.5. The van der Waals surface area contributed by atoms with E-state index in [1.54, 1.807) is 79.9 Å². The van der Waals surface area contributed by atoms with Crippen molar-refractivity contribution in [1.29, 1.82) is 0 Å². The van der Waals surface area contributed by atoms with Gasteiger partial charge in [0.1, 0.15) is 17.6 Å². The van der Waals surface area contributed by atoms with Gasteiger partial charge >= 0.3 is 0 Å². The molecule has 0 heterocycles. The molecule has 0 aromatic heterocycles. The molecule has 0 aliphatic rings. The van der Waals surface area contributed by atoms with Crippen molar-refractivity contribution >= 4 is 11.6 Å². The SMILES string of the molecule is COc1ccc(C(=O)C(O)(CO)c2ccc(CO)cc2)cc1.COc1ccc(C(=O)C(O)c2ccc(CO)cc2)cc1. The lowest BCUT2D eigenvalue weighted by Gasteiger charge is -2.25. The molecular formula is C33H34O9. The van der Waals surface area contributed by atoms with Gasteiger partial charge in [-0.2, -0.15) is 0 Å². The number of rotatable bonds is 11. The second-order valence-electron chi connectivity index (χ2n) is 9.33. The number of ketones is 2. The molecule has 0 aliphatic carbocycles. The average molecular weight is 575 g/mol. The fraction of sp³-hybridized carbons (Fsp3) is 0.212. The normalized spacial score (nSPS) is 12.7. The zero-order valence-electron chi connectivity index (χ0n) is 23.3. The van der Waals surface area contributed by atoms with Crippen LogP contribution >= 0.6 is 0 Å². The molecule has 0 saturated carbocycles. The molecule has 0 fully saturated rings. The van der Waals surface area contributed by atoms with E-state index >= 15 is 0 Å². The van der Waals surface area contributed by atoms with Crippen LogP contribution in [0, 0.1) is 0 Å². The molecule has 4 rings (SSSR count). The molecule has 9 nitrogen and oxygen atoms in total. The second kappa shape index (κ2) is 15.0. The number of methoxy groups -OCH3 is 2. The standard InChI is InChI=1S/C17H18O5.C16H16O4/c1-22-15-8-4-13(5-9-15)16(20)17(21,11-19)14-6-2-12(10-18)3-7-14;1-20-14-8-6-13(7-9-14)16(19)15(18)12-4-2-11(10-17)3-5-12/h2-9,18-19,21H,10-11H2,1H3;2-9,15,17-18H,10H2,1H3. The predicted molar refractivity (Wildman–Crippen MR) is 155 cm³/mol. The molecule has 42 heavy (non-hydrogen) atoms. The lowest BCUT2D eigenvalue weighted by Crippen LogP contribution is -2.39. The monoisotopic (exact) mass is 574 g/mol. The average Bonchev–Trinajstić information content (AvgIpc) is 3.07. The maximum absolute atomic E-state index is 12.6. The summed E-state index contributed by atoms with van der Waals surface area (Å²) < 4.78 is 10.0. The van der Waals surface area contributed by atoms with Gasteiger partial charge in [-0.25, -0.2) is 0 Å². The molecule has 0 radical (unpaired) electrons. The fourth-order valence-corrected chi connectivity index (χ4v) is 4.03. The van der Waals surface area contributed by atoms with Crippen molar-refractivity contribution in [3.63, 3.8) is 0 Å². The molecule has 4 aromatic rings. The zero-order valence-corrected chi connectivity index (χ0v) is 23.3. The summed E-state index contributed by atoms with van der Waals surface area (Å²) in [6.07, 6.45) is -1.21. The fourth-order valence-electron chi connectivity index (χ4n) is 4.03. The predicted octanol–water partition coefficient (Wildman–Crippen LogP) is 3.35. The Morgan fingerprint density at radius 1 is 0.667 bits per heavy atom. The van der Waals surface area contributed by atoms with Crippen LogP contribution in [0.2, 0.25) is 0 Å². The highest BCUT2D eigenvalue weighted by molar-refractivity contribution is 6.03. The van der Waals surface area contributed by atoms with Crippen LogP contribution in [0.4, 0.5) is 0 Å². The summed E-state index contributed by atoms with van der Waals surface area (Å²) in [5, 5.41) is 48.2. The van der Waals surface area contributed by atoms with Crippen molar-refractivity contribution in [2.24, 2.45) is 0 Å². The Morgan fingerprint density at radius 2 is 1.10 bits per heavy atom. The number of hydrogen-bond donors (Lipinski definition) is 5. The number of aliphatic hydroxyl groups excluding tert-OH is 4. The van der Waals surface area contributed by atoms with Crippen LogP contribution in [-0.4, -0.2) is 57.9 Å². The van der Waals surface area contributed by atoms with Gasteiger partial charge in [0.15, 0.2) is 11.4 Å². The molecule has 0 bridgehead atoms. The first-order valence-corrected chi connectivity index (χ1v) is 13.0. The molecule has 220 valence electrons. The van der Waals surface area contributed by atoms with E-state index in [4.69, 9.17) is 19.7 Å². The minimum absolute atomic E-state index is 0.0667. The van der Waals surface area contributed by atoms with Gasteiger partial charge in [-0.05, 0) is 70.8 Å². The molecule has 9 heteroatoms. The third kappa shape index (κ3) is 7.67. The van der Waals surface area contributed by atoms with Crippen molar-refractivity contribution in [1.82, 2.24) is 0 Å². The number of hydrogen-bond acceptors (Lipinski definition) is 9. The lowest BCUT2D eigenvalue weighted by atomic mass is 9.86. The quantitative estimate of drug-likeness (QED) is 0.170. The van der Waals surface area contributed by atoms with Gasteiger partial charge in [-0.15, -0.1) is 0 Å². The topological polar surface area (TPSA) is 154 Å². The van der Waals surface area contributed by atoms with Crippen LogP contribution < -0.4 is 9.47 Å². The van der Waals surface area contributed by atoms with Gasteiger partial charge in [0.2, 0.25) is 5.78 Å². The van der Waals surface area contributed by atoms with E-state index < -0.39 is 24.1 Å². The maximum Gasteiger partial charge on any atom is 0.201 e. The van der Waals surface area contributed by atoms with Crippen LogP contribution in [0.5, 0.6) is 11.5 Å². The first-order valence-electron chi connectivity index (χ1n) is 13.0. The molecule has 0 aliphatic heterocycles. The Labute approximate surface area is 243 Å². The molecule has 4 aromatic carbocycles. The maximum atomic E-state index is 12.6. The van der Waals surface area contributed by atoms with E-state index in [0.29, 0.717) is 28.2 Å². The minimum atomic E-state index is -2.03. The smallest absolute Gasteiger partial charge is 0.201 e. The summed E-state index contributed by atoms with van der Waals surface area (Å²) in [7, 11) is 3.07. The lowest BCUT2D eigenvalue weighted by molar-refractivity contribution is -0.00402. The van der Waals surface area contributed by atoms with Crippen molar-refractivity contribution in [3.05, 3.63) is 130 Å². The van der Waals surface area contributed by atoms with E-state index in [-0.39, 0.29) is 30.1 Å². The summed E-state index contributed by atoms with van der Waals surface area (Å²) in [5.41, 5.74) is 0.825. The number of benzene rings is 4. The van der Waals surface area contributed by atoms with Crippen LogP contribution in [0.25, 0.3) is 0 Å². The molecule has 2 unspecified atom stereocenters. The molecule has 2 atom stereocenters. The van der Waals surface area contributed by atoms with E-state index in [1.165, 1.54) is 31.4 Å². The Morgan fingerprint density at radius 3 is 1.50 bits per heavy atom. The van der Waals surface area contributed by atoms with E-state index in [9.17, 15) is 24.9 Å². The van der Waals surface area contributed by atoms with Crippen LogP contribution in [-0.2, 0) is 18.8 Å². The number of aliphatic hydroxyl groups is 5. The van der Waals surface area contributed by atoms with E-state index in [1.807, 2.05) is 0 Å². The van der Waals surface area contributed by atoms with Crippen LogP contribution in [0.3, 0.4) is 0 Å². The van der Waals surface area contributed by atoms with Gasteiger partial charge in [0, 0.05) is 11.1 Å². The van der Waals surface area contributed by atoms with Gasteiger partial charge < -0.3 is 35.0 Å². The summed E-state index contributed by atoms with van der Waals surface area (Å²) in [6, 6.07) is 25.7. The molecule has 0 spiro atoms. The summed E-state index contributed by atoms with van der Waals surface area (Å²) in [5.74, 6) is 0.276. The van der Waals surface area contributed by atoms with Crippen LogP contribution in [0.1, 0.15) is 49.1 Å². The summed E-state index contributed by atoms with van der Waals surface area (Å²) in [6.45, 7) is -0.941. The highest BCUT2D eigenvalue weighted by Crippen LogP contribution is 2.27. The summed E-state index contributed by atoms with van der Waals surface area (Å²) >= 11 is 0. The largest absolute Gasteiger partial charge is 0.497 e. The summed E-state index contributed by atoms with van der Waals surface area (Å²) in [4.78, 5) is 24.7. The number of carbonyl (C=O) groups excluding carboxylic acids is 2. The minimum Gasteiger partial charge on any atom is -0.497 e. The van der Waals surface area contributed by atoms with E-state index in [2.05, 4.69) is 0 Å². The highest BCUT2D eigenvalue weighted by Gasteiger charge is 2.38. The Bertz CT molecular complexity index is 1430. The van der Waals surface area contributed by atoms with Gasteiger partial charge in [-0.1, -0.05) is 48.5 Å². The number of carbonyl (C=O) groups is 2. The Hall–Kier alpha value is -4.38. The first kappa shape index (κ1) is 32.1. The Balaban J connectivity index is 0.000000231. The molecule has 0 amide bonds. The third-order valence-corrected chi connectivity index (χ3v) is 6.67. The molecule has 0 saturated heterocycles. The zero-order chi connectivity index (χ0) is 30.7. The van der Waals surface area contributed by atoms with Crippen molar-refractivity contribution in [3.8, 4) is 11.5 Å². The van der Waals surface area contributed by atoms with Crippen molar-refractivity contribution < 1.29 is 44.6 Å². The van der Waals surface area contributed by atoms with Gasteiger partial charge in [0.05, 0.1) is 34.0 Å². The highest BCUT2D eigenvalue weighted by atomic mass is 16.5. The second-order valence-corrected chi connectivity index (χ2v) is 9.33. The van der Waals surface area contributed by atoms with Crippen molar-refractivity contribution in [2.75, 3.05) is 20.8 Å². The van der Waals surface area contributed by atoms with E-state index in [0.717, 1.165) is 5.56 Å². The molecular weight excluding hydrogens is 540 g/mol. The van der Waals surface area contributed by atoms with Crippen LogP contribution in [0.15, 0.2) is 97.1 Å². The number of ether oxygens (including phenoxy) is 2.